The van der Waals surface area contributed by atoms with Crippen LogP contribution in [-0.4, -0.2) is 11.3 Å². The summed E-state index contributed by atoms with van der Waals surface area (Å²) >= 11 is 1.92. The van der Waals surface area contributed by atoms with Crippen LogP contribution in [0.1, 0.15) is 0 Å². The minimum Gasteiger partial charge on any atom is -0.454 e. The topological polar surface area (TPSA) is 24.6 Å². The molecule has 0 fully saturated rings. The Hall–Kier alpha value is -11.7. The molecule has 14 aromatic carbocycles. The van der Waals surface area contributed by atoms with E-state index in [2.05, 4.69) is 342 Å². The summed E-state index contributed by atoms with van der Waals surface area (Å²) in [5, 5.41) is 5.75. The zero-order valence-corrected chi connectivity index (χ0v) is 50.7. The van der Waals surface area contributed by atoms with Gasteiger partial charge in [-0.05, 0) is 116 Å². The number of nitrogens with zero attached hydrogens (tertiary/aromatic N) is 3. The van der Waals surface area contributed by atoms with Gasteiger partial charge in [-0.3, -0.25) is 0 Å². The number of fused-ring (bicyclic) bond motifs is 13. The van der Waals surface area contributed by atoms with Gasteiger partial charge in [0.15, 0.2) is 5.58 Å². The average Bonchev–Trinajstić information content (AvgIpc) is 1.29. The molecule has 428 valence electrons. The third-order valence-electron chi connectivity index (χ3n) is 19.1. The third-order valence-corrected chi connectivity index (χ3v) is 20.4. The first-order chi connectivity index (χ1) is 45.7. The maximum absolute atomic E-state index is 7.61. The van der Waals surface area contributed by atoms with Crippen LogP contribution < -0.4 is 25.5 Å². The van der Waals surface area contributed by atoms with Crippen molar-refractivity contribution in [2.45, 2.75) is 0 Å². The van der Waals surface area contributed by atoms with E-state index in [1.807, 2.05) is 11.3 Å². The number of rotatable bonds is 9. The van der Waals surface area contributed by atoms with Crippen molar-refractivity contribution in [1.82, 2.24) is 4.57 Å². The van der Waals surface area contributed by atoms with Gasteiger partial charge in [0.2, 0.25) is 0 Å². The Balaban J connectivity index is 1.00. The molecule has 5 heterocycles. The SMILES string of the molecule is c1ccc(-c2cccc(-c3cccc(-c4cccc(-c5ccccc5)c4)c3N3c4ccc(-n5c6ccccc6c6ccccc65)cc4B4c5sc6ccccc6c5N(c5c(-c6ccccc6)cccc5-c5ccccc5)c5c4c3cc3c5oc4ccccc43)c2)cc1. The van der Waals surface area contributed by atoms with Crippen LogP contribution in [-0.2, 0) is 0 Å². The molecule has 0 saturated heterocycles. The molecule has 0 amide bonds. The lowest BCUT2D eigenvalue weighted by molar-refractivity contribution is 0.669. The number of furan rings is 1. The molecule has 0 bridgehead atoms. The fourth-order valence-corrected chi connectivity index (χ4v) is 16.5. The number of aromatic nitrogens is 1. The van der Waals surface area contributed by atoms with E-state index < -0.39 is 0 Å². The van der Waals surface area contributed by atoms with Crippen molar-refractivity contribution in [2.24, 2.45) is 0 Å². The van der Waals surface area contributed by atoms with Crippen LogP contribution in [0.5, 0.6) is 0 Å². The second-order valence-electron chi connectivity index (χ2n) is 24.2. The summed E-state index contributed by atoms with van der Waals surface area (Å²) in [7, 11) is 0. The lowest BCUT2D eigenvalue weighted by atomic mass is 9.36. The van der Waals surface area contributed by atoms with Crippen LogP contribution in [0.3, 0.4) is 0 Å². The van der Waals surface area contributed by atoms with E-state index in [9.17, 15) is 0 Å². The maximum Gasteiger partial charge on any atom is 0.264 e. The summed E-state index contributed by atoms with van der Waals surface area (Å²) in [6.45, 7) is -0.261. The van der Waals surface area contributed by atoms with E-state index in [-0.39, 0.29) is 6.71 Å². The van der Waals surface area contributed by atoms with Crippen LogP contribution >= 0.6 is 11.3 Å². The molecule has 2 aliphatic rings. The molecule has 0 spiro atoms. The van der Waals surface area contributed by atoms with Gasteiger partial charge in [-0.2, -0.15) is 0 Å². The minimum atomic E-state index is -0.261. The summed E-state index contributed by atoms with van der Waals surface area (Å²) in [5.74, 6) is 0. The highest BCUT2D eigenvalue weighted by atomic mass is 32.1. The smallest absolute Gasteiger partial charge is 0.264 e. The van der Waals surface area contributed by atoms with Crippen molar-refractivity contribution in [3.8, 4) is 72.4 Å². The molecule has 6 heteroatoms. The number of hydrogen-bond donors (Lipinski definition) is 0. The van der Waals surface area contributed by atoms with Gasteiger partial charge in [-0.25, -0.2) is 0 Å². The Kier molecular flexibility index (Phi) is 11.9. The van der Waals surface area contributed by atoms with Gasteiger partial charge in [0, 0.05) is 75.7 Å². The fourth-order valence-electron chi connectivity index (χ4n) is 15.2. The van der Waals surface area contributed by atoms with E-state index in [0.717, 1.165) is 112 Å². The molecule has 92 heavy (non-hydrogen) atoms. The van der Waals surface area contributed by atoms with Crippen molar-refractivity contribution < 1.29 is 4.42 Å². The van der Waals surface area contributed by atoms with E-state index in [0.29, 0.717) is 0 Å². The van der Waals surface area contributed by atoms with E-state index in [1.54, 1.807) is 0 Å². The first-order valence-corrected chi connectivity index (χ1v) is 32.4. The predicted molar refractivity (Wildman–Crippen MR) is 390 cm³/mol. The standard InChI is InChI=1S/C86H54BN3OS/c1-5-25-55(26-6-1)59-33-21-35-61(51-59)66-43-24-44-67(62-36-22-34-60(52-62)56-27-7-2-8-28-56)81(66)89-76-50-49-63(88-74-45-17-13-37-68(74)69-38-14-18-46-75(69)88)53-73(76)87-80-77(89)54-72-70-39-15-19-47-78(70)91-85(72)84(80)90(83-71-40-16-20-48-79(71)92-86(83)87)82-64(57-29-9-3-10-30-57)41-23-42-65(82)58-31-11-4-12-32-58/h1-54H. The van der Waals surface area contributed by atoms with Crippen LogP contribution in [0.4, 0.5) is 34.1 Å². The van der Waals surface area contributed by atoms with Crippen LogP contribution in [0, 0.1) is 0 Å². The summed E-state index contributed by atoms with van der Waals surface area (Å²) in [4.78, 5) is 5.31. The van der Waals surface area contributed by atoms with Crippen molar-refractivity contribution in [3.05, 3.63) is 328 Å². The minimum absolute atomic E-state index is 0.261. The number of para-hydroxylation sites is 5. The number of benzene rings is 14. The second kappa shape index (κ2) is 21.0. The van der Waals surface area contributed by atoms with Crippen LogP contribution in [0.15, 0.2) is 332 Å². The first-order valence-electron chi connectivity index (χ1n) is 31.6. The highest BCUT2D eigenvalue weighted by molar-refractivity contribution is 7.33. The highest BCUT2D eigenvalue weighted by Crippen LogP contribution is 2.57. The van der Waals surface area contributed by atoms with Crippen molar-refractivity contribution in [1.29, 1.82) is 0 Å². The van der Waals surface area contributed by atoms with Gasteiger partial charge >= 0.3 is 0 Å². The largest absolute Gasteiger partial charge is 0.454 e. The van der Waals surface area contributed by atoms with E-state index in [1.165, 1.54) is 64.4 Å². The molecular weight excluding hydrogens is 1130 g/mol. The Morgan fingerprint density at radius 1 is 0.293 bits per heavy atom. The fraction of sp³-hybridized carbons (Fsp3) is 0. The molecule has 0 saturated carbocycles. The highest BCUT2D eigenvalue weighted by Gasteiger charge is 2.48. The molecule has 2 aliphatic heterocycles. The normalized spacial score (nSPS) is 12.5. The van der Waals surface area contributed by atoms with Gasteiger partial charge in [-0.1, -0.05) is 267 Å². The molecule has 3 aromatic heterocycles. The Bertz CT molecular complexity index is 5580. The van der Waals surface area contributed by atoms with Gasteiger partial charge in [0.25, 0.3) is 6.71 Å². The summed E-state index contributed by atoms with van der Waals surface area (Å²) in [5.41, 5.74) is 27.7. The Labute approximate surface area is 537 Å². The lowest BCUT2D eigenvalue weighted by Gasteiger charge is -2.44. The van der Waals surface area contributed by atoms with Crippen LogP contribution in [0.25, 0.3) is 126 Å². The van der Waals surface area contributed by atoms with Crippen molar-refractivity contribution in [3.63, 3.8) is 0 Å². The van der Waals surface area contributed by atoms with Gasteiger partial charge in [0.1, 0.15) is 5.58 Å². The zero-order chi connectivity index (χ0) is 60.4. The molecule has 0 aliphatic carbocycles. The van der Waals surface area contributed by atoms with Crippen molar-refractivity contribution >= 4 is 122 Å². The third kappa shape index (κ3) is 8.04. The maximum atomic E-state index is 7.61. The lowest BCUT2D eigenvalue weighted by Crippen LogP contribution is -2.60. The molecule has 0 N–H and O–H groups in total. The molecular formula is C86H54BN3OS. The number of hydrogen-bond acceptors (Lipinski definition) is 4. The second-order valence-corrected chi connectivity index (χ2v) is 25.3. The quantitative estimate of drug-likeness (QED) is 0.135. The summed E-state index contributed by atoms with van der Waals surface area (Å²) in [6.07, 6.45) is 0. The monoisotopic (exact) mass is 1190 g/mol. The predicted octanol–water partition coefficient (Wildman–Crippen LogP) is 22.0. The van der Waals surface area contributed by atoms with Gasteiger partial charge < -0.3 is 18.8 Å². The molecule has 0 unspecified atom stereocenters. The molecule has 0 atom stereocenters. The van der Waals surface area contributed by atoms with Crippen molar-refractivity contribution in [2.75, 3.05) is 9.80 Å². The molecule has 17 aromatic rings. The van der Waals surface area contributed by atoms with E-state index in [4.69, 9.17) is 4.42 Å². The Morgan fingerprint density at radius 2 is 0.750 bits per heavy atom. The Morgan fingerprint density at radius 3 is 1.34 bits per heavy atom. The molecule has 0 radical (unpaired) electrons. The average molecular weight is 1190 g/mol. The molecule has 19 rings (SSSR count). The number of anilines is 6. The summed E-state index contributed by atoms with van der Waals surface area (Å²) in [6, 6.07) is 121. The molecule has 4 nitrogen and oxygen atoms in total. The first kappa shape index (κ1) is 52.3. The van der Waals surface area contributed by atoms with Gasteiger partial charge in [-0.15, -0.1) is 11.3 Å². The summed E-state index contributed by atoms with van der Waals surface area (Å²) < 4.78 is 12.6. The van der Waals surface area contributed by atoms with Crippen LogP contribution in [0.2, 0.25) is 0 Å². The zero-order valence-electron chi connectivity index (χ0n) is 49.9. The number of thiophene rings is 1. The van der Waals surface area contributed by atoms with Gasteiger partial charge in [0.05, 0.1) is 33.8 Å². The van der Waals surface area contributed by atoms with E-state index >= 15 is 0 Å².